The zero-order valence-electron chi connectivity index (χ0n) is 7.77. The molecule has 1 N–H and O–H groups in total. The lowest BCUT2D eigenvalue weighted by molar-refractivity contribution is 0.524. The van der Waals surface area contributed by atoms with Crippen LogP contribution in [-0.2, 0) is 0 Å². The molecule has 72 valence electrons. The number of benzene rings is 1. The van der Waals surface area contributed by atoms with Crippen LogP contribution < -0.4 is 5.32 Å². The highest BCUT2D eigenvalue weighted by Gasteiger charge is 2.14. The van der Waals surface area contributed by atoms with Crippen LogP contribution in [0, 0.1) is 11.6 Å². The van der Waals surface area contributed by atoms with Crippen LogP contribution in [0.2, 0.25) is 0 Å². The van der Waals surface area contributed by atoms with Gasteiger partial charge in [-0.05, 0) is 25.1 Å². The predicted molar refractivity (Wildman–Crippen MR) is 48.7 cm³/mol. The summed E-state index contributed by atoms with van der Waals surface area (Å²) in [5.74, 6) is -1.09. The summed E-state index contributed by atoms with van der Waals surface area (Å²) in [4.78, 5) is 0. The molecule has 13 heavy (non-hydrogen) atoms. The van der Waals surface area contributed by atoms with Crippen LogP contribution in [0.3, 0.4) is 0 Å². The highest BCUT2D eigenvalue weighted by atomic mass is 19.1. The fourth-order valence-electron chi connectivity index (χ4n) is 1.39. The van der Waals surface area contributed by atoms with Gasteiger partial charge in [-0.15, -0.1) is 0 Å². The SMILES string of the molecule is CNCC(C)c1c(F)cccc1F. The first-order valence-corrected chi connectivity index (χ1v) is 4.25. The third-order valence-electron chi connectivity index (χ3n) is 2.00. The van der Waals surface area contributed by atoms with E-state index in [4.69, 9.17) is 0 Å². The average molecular weight is 185 g/mol. The van der Waals surface area contributed by atoms with Gasteiger partial charge in [0, 0.05) is 12.1 Å². The number of likely N-dealkylation sites (N-methyl/N-ethyl adjacent to an activating group) is 1. The van der Waals surface area contributed by atoms with Gasteiger partial charge in [0.15, 0.2) is 0 Å². The molecule has 3 heteroatoms. The second-order valence-corrected chi connectivity index (χ2v) is 3.09. The topological polar surface area (TPSA) is 12.0 Å². The molecule has 0 fully saturated rings. The molecular weight excluding hydrogens is 172 g/mol. The molecule has 0 spiro atoms. The largest absolute Gasteiger partial charge is 0.319 e. The van der Waals surface area contributed by atoms with Crippen molar-refractivity contribution < 1.29 is 8.78 Å². The number of halogens is 2. The first kappa shape index (κ1) is 10.1. The first-order chi connectivity index (χ1) is 6.16. The molecule has 0 bridgehead atoms. The van der Waals surface area contributed by atoms with E-state index in [0.717, 1.165) is 0 Å². The molecule has 0 heterocycles. The van der Waals surface area contributed by atoms with Crippen molar-refractivity contribution in [2.45, 2.75) is 12.8 Å². The zero-order valence-corrected chi connectivity index (χ0v) is 7.77. The lowest BCUT2D eigenvalue weighted by Gasteiger charge is -2.12. The van der Waals surface area contributed by atoms with Gasteiger partial charge in [0.1, 0.15) is 11.6 Å². The van der Waals surface area contributed by atoms with Crippen LogP contribution in [0.1, 0.15) is 18.4 Å². The van der Waals surface area contributed by atoms with Gasteiger partial charge >= 0.3 is 0 Å². The summed E-state index contributed by atoms with van der Waals surface area (Å²) in [5.41, 5.74) is 0.164. The fraction of sp³-hybridized carbons (Fsp3) is 0.400. The van der Waals surface area contributed by atoms with Gasteiger partial charge in [0.05, 0.1) is 0 Å². The standard InChI is InChI=1S/C10H13F2N/c1-7(6-13-2)10-8(11)4-3-5-9(10)12/h3-5,7,13H,6H2,1-2H3. The number of nitrogens with one attached hydrogen (secondary N) is 1. The van der Waals surface area contributed by atoms with Gasteiger partial charge in [0.25, 0.3) is 0 Å². The third kappa shape index (κ3) is 2.25. The number of rotatable bonds is 3. The molecule has 1 aromatic rings. The van der Waals surface area contributed by atoms with E-state index in [0.29, 0.717) is 6.54 Å². The van der Waals surface area contributed by atoms with Crippen molar-refractivity contribution in [2.75, 3.05) is 13.6 Å². The van der Waals surface area contributed by atoms with E-state index in [-0.39, 0.29) is 11.5 Å². The molecule has 0 amide bonds. The Bertz CT molecular complexity index is 266. The van der Waals surface area contributed by atoms with E-state index in [1.165, 1.54) is 18.2 Å². The zero-order chi connectivity index (χ0) is 9.84. The minimum absolute atomic E-state index is 0.147. The molecule has 0 aromatic heterocycles. The quantitative estimate of drug-likeness (QED) is 0.761. The van der Waals surface area contributed by atoms with Crippen LogP contribution in [0.15, 0.2) is 18.2 Å². The summed E-state index contributed by atoms with van der Waals surface area (Å²) >= 11 is 0. The highest BCUT2D eigenvalue weighted by Crippen LogP contribution is 2.21. The Balaban J connectivity index is 2.98. The summed E-state index contributed by atoms with van der Waals surface area (Å²) in [7, 11) is 1.76. The van der Waals surface area contributed by atoms with Crippen LogP contribution in [-0.4, -0.2) is 13.6 Å². The van der Waals surface area contributed by atoms with Gasteiger partial charge in [-0.25, -0.2) is 8.78 Å². The molecular formula is C10H13F2N. The molecule has 0 aliphatic heterocycles. The summed E-state index contributed by atoms with van der Waals surface area (Å²) in [6.07, 6.45) is 0. The molecule has 1 atom stereocenters. The van der Waals surface area contributed by atoms with Gasteiger partial charge < -0.3 is 5.32 Å². The van der Waals surface area contributed by atoms with Crippen LogP contribution in [0.25, 0.3) is 0 Å². The van der Waals surface area contributed by atoms with E-state index in [2.05, 4.69) is 5.32 Å². The lowest BCUT2D eigenvalue weighted by Crippen LogP contribution is -2.16. The third-order valence-corrected chi connectivity index (χ3v) is 2.00. The van der Waals surface area contributed by atoms with Crippen molar-refractivity contribution in [1.29, 1.82) is 0 Å². The van der Waals surface area contributed by atoms with Gasteiger partial charge in [-0.3, -0.25) is 0 Å². The van der Waals surface area contributed by atoms with E-state index in [1.54, 1.807) is 14.0 Å². The number of hydrogen-bond acceptors (Lipinski definition) is 1. The Labute approximate surface area is 76.8 Å². The molecule has 1 rings (SSSR count). The normalized spacial score (nSPS) is 12.9. The van der Waals surface area contributed by atoms with Gasteiger partial charge in [-0.1, -0.05) is 13.0 Å². The maximum Gasteiger partial charge on any atom is 0.129 e. The van der Waals surface area contributed by atoms with Crippen molar-refractivity contribution in [3.8, 4) is 0 Å². The second kappa shape index (κ2) is 4.33. The minimum Gasteiger partial charge on any atom is -0.319 e. The molecule has 0 saturated carbocycles. The van der Waals surface area contributed by atoms with E-state index < -0.39 is 11.6 Å². The van der Waals surface area contributed by atoms with Crippen molar-refractivity contribution in [1.82, 2.24) is 5.32 Å². The van der Waals surface area contributed by atoms with Crippen LogP contribution in [0.4, 0.5) is 8.78 Å². The summed E-state index contributed by atoms with van der Waals surface area (Å²) in [6.45, 7) is 2.36. The number of hydrogen-bond donors (Lipinski definition) is 1. The first-order valence-electron chi connectivity index (χ1n) is 4.25. The predicted octanol–water partition coefficient (Wildman–Crippen LogP) is 2.29. The van der Waals surface area contributed by atoms with Gasteiger partial charge in [-0.2, -0.15) is 0 Å². The average Bonchev–Trinajstić information content (AvgIpc) is 2.04. The maximum absolute atomic E-state index is 13.2. The molecule has 1 aromatic carbocycles. The lowest BCUT2D eigenvalue weighted by atomic mass is 10.00. The Morgan fingerprint density at radius 3 is 2.31 bits per heavy atom. The van der Waals surface area contributed by atoms with E-state index in [9.17, 15) is 8.78 Å². The molecule has 0 saturated heterocycles. The second-order valence-electron chi connectivity index (χ2n) is 3.09. The fourth-order valence-corrected chi connectivity index (χ4v) is 1.39. The van der Waals surface area contributed by atoms with Gasteiger partial charge in [0.2, 0.25) is 0 Å². The Morgan fingerprint density at radius 1 is 1.31 bits per heavy atom. The Morgan fingerprint density at radius 2 is 1.85 bits per heavy atom. The monoisotopic (exact) mass is 185 g/mol. The molecule has 0 aliphatic carbocycles. The minimum atomic E-state index is -0.470. The Hall–Kier alpha value is -0.960. The van der Waals surface area contributed by atoms with Crippen molar-refractivity contribution in [3.63, 3.8) is 0 Å². The van der Waals surface area contributed by atoms with Crippen molar-refractivity contribution in [3.05, 3.63) is 35.4 Å². The molecule has 0 radical (unpaired) electrons. The van der Waals surface area contributed by atoms with Crippen LogP contribution >= 0.6 is 0 Å². The summed E-state index contributed by atoms with van der Waals surface area (Å²) < 4.78 is 26.3. The van der Waals surface area contributed by atoms with E-state index >= 15 is 0 Å². The Kier molecular flexibility index (Phi) is 3.37. The summed E-state index contributed by atoms with van der Waals surface area (Å²) in [5, 5.41) is 2.89. The maximum atomic E-state index is 13.2. The van der Waals surface area contributed by atoms with Crippen LogP contribution in [0.5, 0.6) is 0 Å². The smallest absolute Gasteiger partial charge is 0.129 e. The van der Waals surface area contributed by atoms with E-state index in [1.807, 2.05) is 0 Å². The van der Waals surface area contributed by atoms with Crippen molar-refractivity contribution >= 4 is 0 Å². The van der Waals surface area contributed by atoms with Crippen molar-refractivity contribution in [2.24, 2.45) is 0 Å². The molecule has 0 aliphatic rings. The molecule has 1 unspecified atom stereocenters. The highest BCUT2D eigenvalue weighted by molar-refractivity contribution is 5.23. The summed E-state index contributed by atoms with van der Waals surface area (Å²) in [6, 6.07) is 3.94. The molecule has 1 nitrogen and oxygen atoms in total.